The van der Waals surface area contributed by atoms with E-state index in [1.165, 1.54) is 31.7 Å². The summed E-state index contributed by atoms with van der Waals surface area (Å²) in [6.45, 7) is 0. The quantitative estimate of drug-likeness (QED) is 0.436. The summed E-state index contributed by atoms with van der Waals surface area (Å²) in [4.78, 5) is 18.8. The van der Waals surface area contributed by atoms with E-state index in [0.29, 0.717) is 5.82 Å². The minimum Gasteiger partial charge on any atom is -0.352 e. The lowest BCUT2D eigenvalue weighted by Crippen LogP contribution is -2.43. The lowest BCUT2D eigenvalue weighted by Gasteiger charge is -2.33. The van der Waals surface area contributed by atoms with Crippen LogP contribution in [-0.4, -0.2) is 21.5 Å². The number of carbonyl (C=O) groups excluding carboxylic acids is 1. The van der Waals surface area contributed by atoms with Crippen LogP contribution in [0.1, 0.15) is 70.3 Å². The zero-order valence-corrected chi connectivity index (χ0v) is 19.7. The molecule has 1 amide bonds. The Hall–Kier alpha value is -2.40. The number of hydrogen-bond donors (Lipinski definition) is 1. The highest BCUT2D eigenvalue weighted by atomic mass is 35.5. The van der Waals surface area contributed by atoms with Crippen LogP contribution in [-0.2, 0) is 4.79 Å². The topological polar surface area (TPSA) is 46.9 Å². The molecule has 2 fully saturated rings. The lowest BCUT2D eigenvalue weighted by molar-refractivity contribution is -0.127. The summed E-state index contributed by atoms with van der Waals surface area (Å²) in [6.07, 6.45) is 11.3. The van der Waals surface area contributed by atoms with Crippen LogP contribution in [0.3, 0.4) is 0 Å². The number of carbonyl (C=O) groups is 1. The van der Waals surface area contributed by atoms with E-state index in [1.807, 2.05) is 24.3 Å². The van der Waals surface area contributed by atoms with Crippen LogP contribution in [0.15, 0.2) is 42.5 Å². The first-order valence-electron chi connectivity index (χ1n) is 12.3. The smallest absolute Gasteiger partial charge is 0.243 e. The number of nitrogens with zero attached hydrogens (tertiary/aromatic N) is 2. The molecule has 1 heterocycles. The standard InChI is InChI=1S/C27H31ClFN3O/c28-21-17-19(15-16-22(21)29)26-31-23-13-7-8-14-24(23)32(26)25(18-9-3-1-4-10-18)27(33)30-20-11-5-2-6-12-20/h7-8,13-18,20,25H,1-6,9-12H2,(H,30,33). The van der Waals surface area contributed by atoms with Crippen LogP contribution in [0.5, 0.6) is 0 Å². The molecule has 2 aliphatic rings. The second-order valence-electron chi connectivity index (χ2n) is 9.61. The van der Waals surface area contributed by atoms with E-state index >= 15 is 0 Å². The second-order valence-corrected chi connectivity index (χ2v) is 10.0. The van der Waals surface area contributed by atoms with Crippen molar-refractivity contribution >= 4 is 28.5 Å². The summed E-state index contributed by atoms with van der Waals surface area (Å²) in [5.41, 5.74) is 2.49. The Labute approximate surface area is 199 Å². The van der Waals surface area contributed by atoms with Gasteiger partial charge in [0, 0.05) is 11.6 Å². The van der Waals surface area contributed by atoms with Crippen molar-refractivity contribution in [2.45, 2.75) is 76.3 Å². The Balaban J connectivity index is 1.62. The average Bonchev–Trinajstić information content (AvgIpc) is 3.22. The van der Waals surface area contributed by atoms with Crippen LogP contribution in [0, 0.1) is 11.7 Å². The molecule has 5 rings (SSSR count). The molecule has 1 N–H and O–H groups in total. The van der Waals surface area contributed by atoms with Gasteiger partial charge in [-0.25, -0.2) is 9.37 Å². The highest BCUT2D eigenvalue weighted by molar-refractivity contribution is 6.31. The predicted octanol–water partition coefficient (Wildman–Crippen LogP) is 7.07. The van der Waals surface area contributed by atoms with Gasteiger partial charge in [0.05, 0.1) is 16.1 Å². The number of aromatic nitrogens is 2. The number of rotatable bonds is 5. The molecule has 0 bridgehead atoms. The summed E-state index contributed by atoms with van der Waals surface area (Å²) >= 11 is 6.14. The molecule has 0 saturated heterocycles. The van der Waals surface area contributed by atoms with Crippen molar-refractivity contribution in [3.63, 3.8) is 0 Å². The SMILES string of the molecule is O=C(NC1CCCCC1)C(C1CCCCC1)n1c(-c2ccc(F)c(Cl)c2)nc2ccccc21. The number of nitrogens with one attached hydrogen (secondary N) is 1. The van der Waals surface area contributed by atoms with Crippen molar-refractivity contribution in [2.75, 3.05) is 0 Å². The molecule has 0 aliphatic heterocycles. The van der Waals surface area contributed by atoms with Gasteiger partial charge in [0.25, 0.3) is 0 Å². The average molecular weight is 468 g/mol. The van der Waals surface area contributed by atoms with E-state index in [-0.39, 0.29) is 28.9 Å². The third-order valence-electron chi connectivity index (χ3n) is 7.37. The maximum absolute atomic E-state index is 13.9. The van der Waals surface area contributed by atoms with E-state index in [2.05, 4.69) is 9.88 Å². The van der Waals surface area contributed by atoms with E-state index in [1.54, 1.807) is 12.1 Å². The van der Waals surface area contributed by atoms with Gasteiger partial charge in [0.15, 0.2) is 0 Å². The van der Waals surface area contributed by atoms with Gasteiger partial charge in [0.1, 0.15) is 17.7 Å². The molecule has 2 aliphatic carbocycles. The normalized spacial score (nSPS) is 19.0. The number of halogens is 2. The van der Waals surface area contributed by atoms with Crippen molar-refractivity contribution in [2.24, 2.45) is 5.92 Å². The number of benzene rings is 2. The van der Waals surface area contributed by atoms with E-state index in [4.69, 9.17) is 16.6 Å². The van der Waals surface area contributed by atoms with Crippen molar-refractivity contribution in [3.8, 4) is 11.4 Å². The third kappa shape index (κ3) is 4.65. The van der Waals surface area contributed by atoms with Crippen LogP contribution < -0.4 is 5.32 Å². The first-order valence-corrected chi connectivity index (χ1v) is 12.7. The number of amides is 1. The Morgan fingerprint density at radius 1 is 1.00 bits per heavy atom. The zero-order valence-electron chi connectivity index (χ0n) is 18.9. The van der Waals surface area contributed by atoms with Crippen molar-refractivity contribution in [1.29, 1.82) is 0 Å². The van der Waals surface area contributed by atoms with E-state index in [0.717, 1.165) is 55.1 Å². The highest BCUT2D eigenvalue weighted by Crippen LogP contribution is 2.39. The largest absolute Gasteiger partial charge is 0.352 e. The van der Waals surface area contributed by atoms with Gasteiger partial charge < -0.3 is 9.88 Å². The summed E-state index contributed by atoms with van der Waals surface area (Å²) in [5, 5.41) is 3.46. The molecule has 6 heteroatoms. The van der Waals surface area contributed by atoms with Crippen LogP contribution >= 0.6 is 11.6 Å². The zero-order chi connectivity index (χ0) is 22.8. The number of fused-ring (bicyclic) bond motifs is 1. The molecular formula is C27H31ClFN3O. The number of imidazole rings is 1. The monoisotopic (exact) mass is 467 g/mol. The third-order valence-corrected chi connectivity index (χ3v) is 7.66. The van der Waals surface area contributed by atoms with Gasteiger partial charge in [0.2, 0.25) is 5.91 Å². The molecular weight excluding hydrogens is 437 g/mol. The molecule has 4 nitrogen and oxygen atoms in total. The van der Waals surface area contributed by atoms with Crippen LogP contribution in [0.2, 0.25) is 5.02 Å². The summed E-state index contributed by atoms with van der Waals surface area (Å²) < 4.78 is 16.0. The highest BCUT2D eigenvalue weighted by Gasteiger charge is 2.35. The second kappa shape index (κ2) is 9.84. The van der Waals surface area contributed by atoms with Crippen molar-refractivity contribution in [1.82, 2.24) is 14.9 Å². The molecule has 1 aromatic heterocycles. The minimum atomic E-state index is -0.457. The van der Waals surface area contributed by atoms with Crippen LogP contribution in [0.25, 0.3) is 22.4 Å². The molecule has 0 radical (unpaired) electrons. The maximum Gasteiger partial charge on any atom is 0.243 e. The Morgan fingerprint density at radius 2 is 1.70 bits per heavy atom. The van der Waals surface area contributed by atoms with Crippen molar-refractivity contribution < 1.29 is 9.18 Å². The first kappa shape index (κ1) is 22.4. The molecule has 0 spiro atoms. The summed E-state index contributed by atoms with van der Waals surface area (Å²) in [6, 6.07) is 12.5. The summed E-state index contributed by atoms with van der Waals surface area (Å²) in [5.74, 6) is 0.551. The Bertz CT molecular complexity index is 1130. The lowest BCUT2D eigenvalue weighted by atomic mass is 9.82. The first-order chi connectivity index (χ1) is 16.1. The fraction of sp³-hybridized carbons (Fsp3) is 0.481. The van der Waals surface area contributed by atoms with Gasteiger partial charge in [-0.3, -0.25) is 4.79 Å². The molecule has 1 unspecified atom stereocenters. The minimum absolute atomic E-state index is 0.0620. The van der Waals surface area contributed by atoms with Gasteiger partial charge >= 0.3 is 0 Å². The van der Waals surface area contributed by atoms with Gasteiger partial charge in [-0.2, -0.15) is 0 Å². The molecule has 2 aromatic carbocycles. The van der Waals surface area contributed by atoms with Crippen LogP contribution in [0.4, 0.5) is 4.39 Å². The molecule has 33 heavy (non-hydrogen) atoms. The summed E-state index contributed by atoms with van der Waals surface area (Å²) in [7, 11) is 0. The van der Waals surface area contributed by atoms with E-state index < -0.39 is 5.82 Å². The predicted molar refractivity (Wildman–Crippen MR) is 131 cm³/mol. The Kier molecular flexibility index (Phi) is 6.68. The molecule has 3 aromatic rings. The molecule has 174 valence electrons. The van der Waals surface area contributed by atoms with Gasteiger partial charge in [-0.15, -0.1) is 0 Å². The fourth-order valence-electron chi connectivity index (χ4n) is 5.69. The number of hydrogen-bond acceptors (Lipinski definition) is 2. The van der Waals surface area contributed by atoms with Crippen molar-refractivity contribution in [3.05, 3.63) is 53.3 Å². The van der Waals surface area contributed by atoms with Gasteiger partial charge in [-0.1, -0.05) is 62.3 Å². The number of para-hydroxylation sites is 2. The molecule has 2 saturated carbocycles. The molecule has 1 atom stereocenters. The fourth-order valence-corrected chi connectivity index (χ4v) is 5.87. The Morgan fingerprint density at radius 3 is 2.42 bits per heavy atom. The van der Waals surface area contributed by atoms with E-state index in [9.17, 15) is 9.18 Å². The van der Waals surface area contributed by atoms with Gasteiger partial charge in [-0.05, 0) is 61.9 Å². The maximum atomic E-state index is 13.9.